The van der Waals surface area contributed by atoms with E-state index in [1.165, 1.54) is 7.11 Å². The molecule has 0 unspecified atom stereocenters. The molecular formula is C22H34N2O7. The molecule has 0 aromatic heterocycles. The minimum atomic E-state index is -0.689. The second-order valence-electron chi connectivity index (χ2n) is 9.06. The van der Waals surface area contributed by atoms with Gasteiger partial charge in [0.05, 0.1) is 37.6 Å². The van der Waals surface area contributed by atoms with Crippen molar-refractivity contribution in [2.24, 2.45) is 0 Å². The quantitative estimate of drug-likeness (QED) is 0.483. The molecule has 1 aromatic rings. The fraction of sp³-hybridized carbons (Fsp3) is 0.591. The summed E-state index contributed by atoms with van der Waals surface area (Å²) < 4.78 is 20.9. The predicted octanol–water partition coefficient (Wildman–Crippen LogP) is 4.25. The van der Waals surface area contributed by atoms with E-state index in [1.54, 1.807) is 66.7 Å². The number of rotatable bonds is 7. The molecule has 0 saturated carbocycles. The van der Waals surface area contributed by atoms with Crippen molar-refractivity contribution in [3.8, 4) is 0 Å². The summed E-state index contributed by atoms with van der Waals surface area (Å²) >= 11 is 0. The molecule has 0 radical (unpaired) electrons. The number of carbonyl (C=O) groups excluding carboxylic acids is 3. The lowest BCUT2D eigenvalue weighted by Gasteiger charge is -2.22. The smallest absolute Gasteiger partial charge is 0.412 e. The normalized spacial score (nSPS) is 12.5. The predicted molar refractivity (Wildman–Crippen MR) is 116 cm³/mol. The van der Waals surface area contributed by atoms with Crippen molar-refractivity contribution in [2.45, 2.75) is 72.3 Å². The highest BCUT2D eigenvalue weighted by molar-refractivity contribution is 5.99. The minimum absolute atomic E-state index is 0.192. The van der Waals surface area contributed by atoms with Crippen molar-refractivity contribution in [3.63, 3.8) is 0 Å². The van der Waals surface area contributed by atoms with E-state index < -0.39 is 29.4 Å². The van der Waals surface area contributed by atoms with Gasteiger partial charge in [0, 0.05) is 0 Å². The van der Waals surface area contributed by atoms with Crippen LogP contribution in [0.25, 0.3) is 0 Å². The van der Waals surface area contributed by atoms with Gasteiger partial charge in [-0.3, -0.25) is 5.32 Å². The number of ether oxygens (including phenoxy) is 4. The largest absolute Gasteiger partial charge is 0.465 e. The van der Waals surface area contributed by atoms with Gasteiger partial charge in [0.25, 0.3) is 0 Å². The average molecular weight is 439 g/mol. The maximum Gasteiger partial charge on any atom is 0.412 e. The molecule has 174 valence electrons. The molecule has 0 heterocycles. The van der Waals surface area contributed by atoms with E-state index in [9.17, 15) is 14.4 Å². The molecule has 9 heteroatoms. The van der Waals surface area contributed by atoms with Crippen LogP contribution < -0.4 is 10.6 Å². The fourth-order valence-electron chi connectivity index (χ4n) is 2.39. The van der Waals surface area contributed by atoms with E-state index in [-0.39, 0.29) is 30.5 Å². The molecule has 1 aromatic carbocycles. The first kappa shape index (κ1) is 26.2. The van der Waals surface area contributed by atoms with Crippen LogP contribution in [0, 0.1) is 0 Å². The lowest BCUT2D eigenvalue weighted by atomic mass is 10.1. The van der Waals surface area contributed by atoms with Gasteiger partial charge in [-0.15, -0.1) is 0 Å². The maximum absolute atomic E-state index is 12.1. The number of methoxy groups -OCH3 is 1. The molecule has 0 aliphatic carbocycles. The van der Waals surface area contributed by atoms with Crippen molar-refractivity contribution in [3.05, 3.63) is 29.3 Å². The Morgan fingerprint density at radius 2 is 1.55 bits per heavy atom. The van der Waals surface area contributed by atoms with Crippen LogP contribution >= 0.6 is 0 Å². The van der Waals surface area contributed by atoms with Gasteiger partial charge in [-0.2, -0.15) is 0 Å². The van der Waals surface area contributed by atoms with Crippen molar-refractivity contribution in [1.29, 1.82) is 0 Å². The summed E-state index contributed by atoms with van der Waals surface area (Å²) in [5, 5.41) is 5.27. The van der Waals surface area contributed by atoms with Gasteiger partial charge < -0.3 is 24.3 Å². The van der Waals surface area contributed by atoms with E-state index in [0.29, 0.717) is 5.56 Å². The van der Waals surface area contributed by atoms with Crippen molar-refractivity contribution in [1.82, 2.24) is 5.32 Å². The van der Waals surface area contributed by atoms with Gasteiger partial charge in [-0.1, -0.05) is 6.07 Å². The average Bonchev–Trinajstić information content (AvgIpc) is 2.57. The first-order chi connectivity index (χ1) is 14.2. The number of hydrogen-bond acceptors (Lipinski definition) is 7. The van der Waals surface area contributed by atoms with Crippen LogP contribution in [0.1, 0.15) is 64.4 Å². The lowest BCUT2D eigenvalue weighted by Crippen LogP contribution is -2.39. The molecular weight excluding hydrogens is 404 g/mol. The van der Waals surface area contributed by atoms with Gasteiger partial charge in [0.2, 0.25) is 0 Å². The summed E-state index contributed by atoms with van der Waals surface area (Å²) in [6.07, 6.45) is -1.21. The van der Waals surface area contributed by atoms with Crippen molar-refractivity contribution >= 4 is 23.8 Å². The number of nitrogens with one attached hydrogen (secondary N) is 2. The second kappa shape index (κ2) is 11.0. The van der Waals surface area contributed by atoms with Gasteiger partial charge >= 0.3 is 18.2 Å². The maximum atomic E-state index is 12.1. The number of amides is 2. The van der Waals surface area contributed by atoms with Crippen LogP contribution in [0.5, 0.6) is 0 Å². The molecule has 0 saturated heterocycles. The van der Waals surface area contributed by atoms with E-state index in [4.69, 9.17) is 18.9 Å². The second-order valence-corrected chi connectivity index (χ2v) is 9.06. The molecule has 0 aliphatic heterocycles. The molecule has 0 fully saturated rings. The van der Waals surface area contributed by atoms with E-state index >= 15 is 0 Å². The number of anilines is 1. The first-order valence-corrected chi connectivity index (χ1v) is 9.98. The van der Waals surface area contributed by atoms with E-state index in [2.05, 4.69) is 10.6 Å². The van der Waals surface area contributed by atoms with Gasteiger partial charge in [0.1, 0.15) is 11.2 Å². The standard InChI is InChI=1S/C22H34N2O7/c1-14(23-19(26)30-21(2,3)4)12-29-13-15-9-10-16(18(25)28-8)17(11-15)24-20(27)31-22(5,6)7/h9-11,14H,12-13H2,1-8H3,(H,23,26)(H,24,27)/t14-/m1/s1. The molecule has 0 bridgehead atoms. The summed E-state index contributed by atoms with van der Waals surface area (Å²) in [5.74, 6) is -0.589. The van der Waals surface area contributed by atoms with Crippen LogP contribution in [-0.4, -0.2) is 49.1 Å². The van der Waals surface area contributed by atoms with Crippen molar-refractivity contribution < 1.29 is 33.3 Å². The Kier molecular flexibility index (Phi) is 9.30. The molecule has 1 rings (SSSR count). The van der Waals surface area contributed by atoms with Crippen LogP contribution in [-0.2, 0) is 25.6 Å². The van der Waals surface area contributed by atoms with Crippen LogP contribution in [0.4, 0.5) is 15.3 Å². The Labute approximate surface area is 183 Å². The zero-order valence-corrected chi connectivity index (χ0v) is 19.6. The third-order valence-corrected chi connectivity index (χ3v) is 3.52. The third-order valence-electron chi connectivity index (χ3n) is 3.52. The first-order valence-electron chi connectivity index (χ1n) is 9.98. The van der Waals surface area contributed by atoms with Gasteiger partial charge in [-0.25, -0.2) is 14.4 Å². The summed E-state index contributed by atoms with van der Waals surface area (Å²) in [6, 6.07) is 4.57. The Balaban J connectivity index is 2.75. The molecule has 1 atom stereocenters. The van der Waals surface area contributed by atoms with E-state index in [0.717, 1.165) is 0 Å². The Morgan fingerprint density at radius 3 is 2.10 bits per heavy atom. The number of alkyl carbamates (subject to hydrolysis) is 1. The minimum Gasteiger partial charge on any atom is -0.465 e. The molecule has 2 N–H and O–H groups in total. The summed E-state index contributed by atoms with van der Waals surface area (Å²) in [6.45, 7) is 12.8. The molecule has 2 amide bonds. The number of esters is 1. The highest BCUT2D eigenvalue weighted by Gasteiger charge is 2.20. The highest BCUT2D eigenvalue weighted by atomic mass is 16.6. The van der Waals surface area contributed by atoms with Gasteiger partial charge in [0.15, 0.2) is 0 Å². The Bertz CT molecular complexity index is 779. The molecule has 0 spiro atoms. The summed E-state index contributed by atoms with van der Waals surface area (Å²) in [7, 11) is 1.26. The zero-order valence-electron chi connectivity index (χ0n) is 19.6. The lowest BCUT2D eigenvalue weighted by molar-refractivity contribution is 0.0441. The number of hydrogen-bond donors (Lipinski definition) is 2. The van der Waals surface area contributed by atoms with Gasteiger partial charge in [-0.05, 0) is 66.2 Å². The monoisotopic (exact) mass is 438 g/mol. The molecule has 31 heavy (non-hydrogen) atoms. The summed E-state index contributed by atoms with van der Waals surface area (Å²) in [4.78, 5) is 36.0. The highest BCUT2D eigenvalue weighted by Crippen LogP contribution is 2.21. The molecule has 0 aliphatic rings. The summed E-state index contributed by atoms with van der Waals surface area (Å²) in [5.41, 5.74) is -0.112. The fourth-order valence-corrected chi connectivity index (χ4v) is 2.39. The van der Waals surface area contributed by atoms with Crippen LogP contribution in [0.2, 0.25) is 0 Å². The van der Waals surface area contributed by atoms with Crippen molar-refractivity contribution in [2.75, 3.05) is 19.0 Å². The number of benzene rings is 1. The Hall–Kier alpha value is -2.81. The Morgan fingerprint density at radius 1 is 0.968 bits per heavy atom. The van der Waals surface area contributed by atoms with Crippen LogP contribution in [0.15, 0.2) is 18.2 Å². The topological polar surface area (TPSA) is 112 Å². The van der Waals surface area contributed by atoms with Crippen LogP contribution in [0.3, 0.4) is 0 Å². The number of carbonyl (C=O) groups is 3. The van der Waals surface area contributed by atoms with E-state index in [1.807, 2.05) is 0 Å². The molecule has 9 nitrogen and oxygen atoms in total. The SMILES string of the molecule is COC(=O)c1ccc(COC[C@@H](C)NC(=O)OC(C)(C)C)cc1NC(=O)OC(C)(C)C. The zero-order chi connectivity index (χ0) is 23.8. The third kappa shape index (κ3) is 10.7.